The molecule has 1 fully saturated rings. The molecule has 1 saturated carbocycles. The van der Waals surface area contributed by atoms with Crippen LogP contribution in [0.3, 0.4) is 0 Å². The number of carbonyl (C=O) groups excluding carboxylic acids is 3. The number of anilines is 3. The number of benzene rings is 1. The lowest BCUT2D eigenvalue weighted by atomic mass is 9.97. The van der Waals surface area contributed by atoms with E-state index in [1.165, 1.54) is 37.2 Å². The highest BCUT2D eigenvalue weighted by atomic mass is 32.2. The van der Waals surface area contributed by atoms with E-state index in [9.17, 15) is 22.8 Å². The summed E-state index contributed by atoms with van der Waals surface area (Å²) < 4.78 is 26.2. The second kappa shape index (κ2) is 9.12. The summed E-state index contributed by atoms with van der Waals surface area (Å²) >= 11 is 0.982. The summed E-state index contributed by atoms with van der Waals surface area (Å²) in [5.41, 5.74) is 2.18. The molecule has 2 aliphatic rings. The zero-order chi connectivity index (χ0) is 24.6. The minimum atomic E-state index is -3.98. The van der Waals surface area contributed by atoms with E-state index in [1.807, 2.05) is 16.9 Å². The number of nitrogens with zero attached hydrogens (tertiary/aromatic N) is 2. The van der Waals surface area contributed by atoms with Gasteiger partial charge in [0.1, 0.15) is 10.0 Å². The van der Waals surface area contributed by atoms with E-state index in [4.69, 9.17) is 0 Å². The molecule has 1 aromatic carbocycles. The molecule has 3 N–H and O–H groups in total. The predicted molar refractivity (Wildman–Crippen MR) is 131 cm³/mol. The molecule has 4 amide bonds. The Morgan fingerprint density at radius 1 is 1.11 bits per heavy atom. The van der Waals surface area contributed by atoms with Crippen molar-refractivity contribution in [1.29, 1.82) is 0 Å². The first-order valence-electron chi connectivity index (χ1n) is 10.9. The van der Waals surface area contributed by atoms with Crippen molar-refractivity contribution in [3.05, 3.63) is 65.2 Å². The summed E-state index contributed by atoms with van der Waals surface area (Å²) in [6.07, 6.45) is 3.76. The van der Waals surface area contributed by atoms with Crippen molar-refractivity contribution in [2.45, 2.75) is 23.5 Å². The summed E-state index contributed by atoms with van der Waals surface area (Å²) in [6, 6.07) is 10.2. The van der Waals surface area contributed by atoms with Crippen LogP contribution in [-0.2, 0) is 21.2 Å². The van der Waals surface area contributed by atoms with E-state index in [0.29, 0.717) is 17.0 Å². The molecule has 0 radical (unpaired) electrons. The van der Waals surface area contributed by atoms with Crippen molar-refractivity contribution < 1.29 is 22.8 Å². The molecule has 35 heavy (non-hydrogen) atoms. The molecule has 0 bridgehead atoms. The van der Waals surface area contributed by atoms with Gasteiger partial charge >= 0.3 is 6.03 Å². The summed E-state index contributed by atoms with van der Waals surface area (Å²) in [7, 11) is -3.98. The Morgan fingerprint density at radius 2 is 1.91 bits per heavy atom. The molecular weight excluding hydrogens is 490 g/mol. The molecule has 12 heteroatoms. The number of aromatic nitrogens is 1. The number of hydrogen-bond acceptors (Lipinski definition) is 8. The quantitative estimate of drug-likeness (QED) is 0.414. The van der Waals surface area contributed by atoms with Crippen LogP contribution < -0.4 is 20.3 Å². The standard InChI is InChI=1S/C23H21N5O5S2/c29-20-11-15-10-16(24-12-14-3-4-14)5-7-18(15)22(30)28(20)19-8-6-17(13-25-19)26-23(31)27-35(32,33)21-2-1-9-34-21/h1-2,5-10,13-14,24H,3-4,11-12H2,(H2,26,27,31). The molecule has 10 nitrogen and oxygen atoms in total. The maximum absolute atomic E-state index is 13.0. The van der Waals surface area contributed by atoms with Crippen LogP contribution in [0.25, 0.3) is 0 Å². The number of urea groups is 1. The smallest absolute Gasteiger partial charge is 0.333 e. The number of sulfonamides is 1. The molecule has 0 atom stereocenters. The monoisotopic (exact) mass is 511 g/mol. The number of nitrogens with one attached hydrogen (secondary N) is 3. The fourth-order valence-electron chi connectivity index (χ4n) is 3.69. The minimum absolute atomic E-state index is 0.00865. The largest absolute Gasteiger partial charge is 0.385 e. The first-order chi connectivity index (χ1) is 16.8. The first-order valence-corrected chi connectivity index (χ1v) is 13.2. The lowest BCUT2D eigenvalue weighted by molar-refractivity contribution is -0.117. The summed E-state index contributed by atoms with van der Waals surface area (Å²) in [6.45, 7) is 0.884. The van der Waals surface area contributed by atoms with Gasteiger partial charge in [-0.05, 0) is 66.1 Å². The van der Waals surface area contributed by atoms with Crippen molar-refractivity contribution in [2.75, 3.05) is 22.1 Å². The highest BCUT2D eigenvalue weighted by Gasteiger charge is 2.33. The van der Waals surface area contributed by atoms with Gasteiger partial charge in [0.15, 0.2) is 0 Å². The SMILES string of the molecule is O=C(Nc1ccc(N2C(=O)Cc3cc(NCC4CC4)ccc3C2=O)nc1)NS(=O)(=O)c1cccs1. The van der Waals surface area contributed by atoms with Gasteiger partial charge in [0.2, 0.25) is 5.91 Å². The molecule has 180 valence electrons. The van der Waals surface area contributed by atoms with Crippen molar-refractivity contribution in [3.63, 3.8) is 0 Å². The van der Waals surface area contributed by atoms with Gasteiger partial charge in [-0.1, -0.05) is 6.07 Å². The topological polar surface area (TPSA) is 138 Å². The summed E-state index contributed by atoms with van der Waals surface area (Å²) in [4.78, 5) is 43.1. The average molecular weight is 512 g/mol. The van der Waals surface area contributed by atoms with E-state index in [-0.39, 0.29) is 22.1 Å². The van der Waals surface area contributed by atoms with Crippen LogP contribution >= 0.6 is 11.3 Å². The average Bonchev–Trinajstić information content (AvgIpc) is 3.47. The third kappa shape index (κ3) is 5.03. The van der Waals surface area contributed by atoms with Crippen LogP contribution in [0, 0.1) is 5.92 Å². The molecule has 0 spiro atoms. The van der Waals surface area contributed by atoms with Gasteiger partial charge in [-0.25, -0.2) is 27.8 Å². The maximum Gasteiger partial charge on any atom is 0.333 e. The van der Waals surface area contributed by atoms with Gasteiger partial charge in [-0.3, -0.25) is 9.59 Å². The lowest BCUT2D eigenvalue weighted by Crippen LogP contribution is -2.43. The minimum Gasteiger partial charge on any atom is -0.385 e. The molecule has 2 aromatic heterocycles. The third-order valence-corrected chi connectivity index (χ3v) is 8.37. The fraction of sp³-hybridized carbons (Fsp3) is 0.217. The normalized spacial score (nSPS) is 15.5. The Labute approximate surface area is 205 Å². The molecule has 0 saturated heterocycles. The Bertz CT molecular complexity index is 1400. The van der Waals surface area contributed by atoms with Crippen LogP contribution in [-0.4, -0.2) is 37.8 Å². The number of hydrogen-bond donors (Lipinski definition) is 3. The van der Waals surface area contributed by atoms with Crippen LogP contribution in [0.5, 0.6) is 0 Å². The number of rotatable bonds is 7. The lowest BCUT2D eigenvalue weighted by Gasteiger charge is -2.26. The highest BCUT2D eigenvalue weighted by Crippen LogP contribution is 2.30. The second-order valence-corrected chi connectivity index (χ2v) is 11.2. The molecule has 3 aromatic rings. The molecule has 3 heterocycles. The molecule has 0 unspecified atom stereocenters. The Kier molecular flexibility index (Phi) is 5.99. The molecule has 1 aliphatic heterocycles. The van der Waals surface area contributed by atoms with Crippen molar-refractivity contribution >= 4 is 56.4 Å². The number of imide groups is 1. The van der Waals surface area contributed by atoms with Gasteiger partial charge in [0.05, 0.1) is 18.3 Å². The van der Waals surface area contributed by atoms with Crippen LogP contribution in [0.15, 0.2) is 58.3 Å². The van der Waals surface area contributed by atoms with Crippen LogP contribution in [0.1, 0.15) is 28.8 Å². The number of pyridine rings is 1. The fourth-order valence-corrected chi connectivity index (χ4v) is 5.59. The van der Waals surface area contributed by atoms with E-state index >= 15 is 0 Å². The van der Waals surface area contributed by atoms with Gasteiger partial charge in [-0.2, -0.15) is 0 Å². The number of fused-ring (bicyclic) bond motifs is 1. The first kappa shape index (κ1) is 23.0. The number of carbonyl (C=O) groups is 3. The van der Waals surface area contributed by atoms with Gasteiger partial charge < -0.3 is 10.6 Å². The second-order valence-electron chi connectivity index (χ2n) is 8.30. The molecule has 5 rings (SSSR count). The van der Waals surface area contributed by atoms with Gasteiger partial charge in [-0.15, -0.1) is 11.3 Å². The van der Waals surface area contributed by atoms with E-state index < -0.39 is 27.9 Å². The van der Waals surface area contributed by atoms with Crippen LogP contribution in [0.2, 0.25) is 0 Å². The summed E-state index contributed by atoms with van der Waals surface area (Å²) in [5, 5.41) is 7.31. The van der Waals surface area contributed by atoms with E-state index in [2.05, 4.69) is 15.6 Å². The van der Waals surface area contributed by atoms with Crippen LogP contribution in [0.4, 0.5) is 22.0 Å². The highest BCUT2D eigenvalue weighted by molar-refractivity contribution is 7.92. The zero-order valence-corrected chi connectivity index (χ0v) is 20.0. The van der Waals surface area contributed by atoms with Gasteiger partial charge in [0.25, 0.3) is 15.9 Å². The van der Waals surface area contributed by atoms with Gasteiger partial charge in [0, 0.05) is 17.8 Å². The number of thiophene rings is 1. The Balaban J connectivity index is 1.26. The zero-order valence-electron chi connectivity index (χ0n) is 18.4. The van der Waals surface area contributed by atoms with E-state index in [1.54, 1.807) is 17.5 Å². The Hall–Kier alpha value is -3.77. The maximum atomic E-state index is 13.0. The molecular formula is C23H21N5O5S2. The number of amides is 4. The third-order valence-electron chi connectivity index (χ3n) is 5.64. The van der Waals surface area contributed by atoms with Crippen molar-refractivity contribution in [3.8, 4) is 0 Å². The summed E-state index contributed by atoms with van der Waals surface area (Å²) in [5.74, 6) is -0.0728. The predicted octanol–water partition coefficient (Wildman–Crippen LogP) is 3.20. The van der Waals surface area contributed by atoms with E-state index in [0.717, 1.165) is 28.5 Å². The van der Waals surface area contributed by atoms with Crippen molar-refractivity contribution in [1.82, 2.24) is 9.71 Å². The Morgan fingerprint density at radius 3 is 2.60 bits per heavy atom. The molecule has 1 aliphatic carbocycles. The van der Waals surface area contributed by atoms with Crippen molar-refractivity contribution in [2.24, 2.45) is 5.92 Å².